The quantitative estimate of drug-likeness (QED) is 0.727. The Labute approximate surface area is 176 Å². The number of halogens is 1. The number of thioether (sulfide) groups is 1. The minimum atomic E-state index is 0.359. The van der Waals surface area contributed by atoms with Gasteiger partial charge in [0.1, 0.15) is 5.82 Å². The van der Waals surface area contributed by atoms with E-state index in [1.807, 2.05) is 6.20 Å². The van der Waals surface area contributed by atoms with E-state index < -0.39 is 0 Å². The highest BCUT2D eigenvalue weighted by molar-refractivity contribution is 7.98. The molecule has 1 aromatic carbocycles. The number of hydrogen-bond acceptors (Lipinski definition) is 6. The van der Waals surface area contributed by atoms with E-state index in [9.17, 15) is 0 Å². The van der Waals surface area contributed by atoms with E-state index in [1.54, 1.807) is 11.8 Å². The van der Waals surface area contributed by atoms with Crippen molar-refractivity contribution in [2.75, 3.05) is 60.8 Å². The molecule has 28 heavy (non-hydrogen) atoms. The van der Waals surface area contributed by atoms with Crippen molar-refractivity contribution in [1.82, 2.24) is 4.98 Å². The van der Waals surface area contributed by atoms with Gasteiger partial charge in [-0.05, 0) is 43.4 Å². The summed E-state index contributed by atoms with van der Waals surface area (Å²) in [5.41, 5.74) is 2.34. The first kappa shape index (κ1) is 19.7. The first-order chi connectivity index (χ1) is 13.7. The number of aromatic nitrogens is 1. The molecule has 0 radical (unpaired) electrons. The van der Waals surface area contributed by atoms with Gasteiger partial charge in [-0.1, -0.05) is 11.6 Å². The van der Waals surface area contributed by atoms with Crippen molar-refractivity contribution in [3.63, 3.8) is 0 Å². The largest absolute Gasteiger partial charge is 0.378 e. The highest BCUT2D eigenvalue weighted by Crippen LogP contribution is 2.32. The van der Waals surface area contributed by atoms with Crippen LogP contribution in [0.15, 0.2) is 41.4 Å². The monoisotopic (exact) mass is 418 g/mol. The third-order valence-corrected chi connectivity index (χ3v) is 6.42. The standard InChI is InChI=1S/C21H27ClN4OS/c1-28-18-4-5-20(19(22)14-18)26-8-2-3-16(15-26)24-21-13-17(6-7-23-21)25-9-11-27-12-10-25/h4-7,13-14,16H,2-3,8-12,15H2,1H3,(H,23,24)/t16-/m1/s1. The summed E-state index contributed by atoms with van der Waals surface area (Å²) < 4.78 is 5.46. The van der Waals surface area contributed by atoms with E-state index in [4.69, 9.17) is 16.3 Å². The summed E-state index contributed by atoms with van der Waals surface area (Å²) in [6, 6.07) is 11.0. The van der Waals surface area contributed by atoms with Gasteiger partial charge in [-0.2, -0.15) is 0 Å². The lowest BCUT2D eigenvalue weighted by Gasteiger charge is -2.35. The molecule has 0 spiro atoms. The molecule has 2 fully saturated rings. The molecule has 1 aromatic heterocycles. The van der Waals surface area contributed by atoms with Crippen molar-refractivity contribution in [3.8, 4) is 0 Å². The van der Waals surface area contributed by atoms with Crippen LogP contribution in [0.4, 0.5) is 17.2 Å². The fourth-order valence-corrected chi connectivity index (χ4v) is 4.72. The molecule has 7 heteroatoms. The van der Waals surface area contributed by atoms with E-state index in [-0.39, 0.29) is 0 Å². The maximum Gasteiger partial charge on any atom is 0.128 e. The average molecular weight is 419 g/mol. The molecule has 5 nitrogen and oxygen atoms in total. The Balaban J connectivity index is 1.42. The van der Waals surface area contributed by atoms with E-state index in [0.29, 0.717) is 6.04 Å². The van der Waals surface area contributed by atoms with Gasteiger partial charge in [0, 0.05) is 55.1 Å². The van der Waals surface area contributed by atoms with E-state index >= 15 is 0 Å². The average Bonchev–Trinajstić information content (AvgIpc) is 2.74. The number of piperidine rings is 1. The van der Waals surface area contributed by atoms with Crippen molar-refractivity contribution >= 4 is 40.6 Å². The molecule has 2 aromatic rings. The highest BCUT2D eigenvalue weighted by Gasteiger charge is 2.22. The van der Waals surface area contributed by atoms with Crippen molar-refractivity contribution in [3.05, 3.63) is 41.6 Å². The summed E-state index contributed by atoms with van der Waals surface area (Å²) in [6.07, 6.45) is 6.25. The summed E-state index contributed by atoms with van der Waals surface area (Å²) in [5.74, 6) is 0.944. The second-order valence-electron chi connectivity index (χ2n) is 7.25. The summed E-state index contributed by atoms with van der Waals surface area (Å²) in [4.78, 5) is 10.5. The first-order valence-corrected chi connectivity index (χ1v) is 11.5. The van der Waals surface area contributed by atoms with Crippen molar-refractivity contribution < 1.29 is 4.74 Å². The number of morpholine rings is 1. The maximum absolute atomic E-state index is 6.55. The first-order valence-electron chi connectivity index (χ1n) is 9.87. The molecule has 150 valence electrons. The van der Waals surface area contributed by atoms with Gasteiger partial charge in [-0.15, -0.1) is 11.8 Å². The van der Waals surface area contributed by atoms with Gasteiger partial charge in [0.15, 0.2) is 0 Å². The van der Waals surface area contributed by atoms with Crippen LogP contribution < -0.4 is 15.1 Å². The predicted octanol–water partition coefficient (Wildman–Crippen LogP) is 4.37. The van der Waals surface area contributed by atoms with Gasteiger partial charge in [-0.25, -0.2) is 4.98 Å². The number of ether oxygens (including phenoxy) is 1. The topological polar surface area (TPSA) is 40.6 Å². The van der Waals surface area contributed by atoms with Crippen LogP contribution >= 0.6 is 23.4 Å². The van der Waals surface area contributed by atoms with Gasteiger partial charge < -0.3 is 19.9 Å². The summed E-state index contributed by atoms with van der Waals surface area (Å²) >= 11 is 8.27. The lowest BCUT2D eigenvalue weighted by molar-refractivity contribution is 0.122. The minimum Gasteiger partial charge on any atom is -0.378 e. The number of benzene rings is 1. The van der Waals surface area contributed by atoms with Crippen molar-refractivity contribution in [1.29, 1.82) is 0 Å². The fourth-order valence-electron chi connectivity index (χ4n) is 3.91. The van der Waals surface area contributed by atoms with Crippen molar-refractivity contribution in [2.24, 2.45) is 0 Å². The lowest BCUT2D eigenvalue weighted by Crippen LogP contribution is -2.42. The van der Waals surface area contributed by atoms with E-state index in [2.05, 4.69) is 56.7 Å². The molecule has 0 bridgehead atoms. The Bertz CT molecular complexity index is 800. The Morgan fingerprint density at radius 1 is 1.14 bits per heavy atom. The van der Waals surface area contributed by atoms with Crippen LogP contribution in [0.3, 0.4) is 0 Å². The highest BCUT2D eigenvalue weighted by atomic mass is 35.5. The SMILES string of the molecule is CSc1ccc(N2CCC[C@@H](Nc3cc(N4CCOCC4)ccn3)C2)c(Cl)c1. The van der Waals surface area contributed by atoms with Crippen LogP contribution in [-0.2, 0) is 4.74 Å². The number of nitrogens with one attached hydrogen (secondary N) is 1. The molecule has 1 atom stereocenters. The number of pyridine rings is 1. The molecule has 3 heterocycles. The normalized spacial score (nSPS) is 20.3. The van der Waals surface area contributed by atoms with Crippen molar-refractivity contribution in [2.45, 2.75) is 23.8 Å². The van der Waals surface area contributed by atoms with Crippen LogP contribution in [0, 0.1) is 0 Å². The molecular formula is C21H27ClN4OS. The fraction of sp³-hybridized carbons (Fsp3) is 0.476. The van der Waals surface area contributed by atoms with Gasteiger partial charge in [-0.3, -0.25) is 0 Å². The molecule has 0 amide bonds. The Hall–Kier alpha value is -1.63. The third kappa shape index (κ3) is 4.67. The van der Waals surface area contributed by atoms with Gasteiger partial charge in [0.2, 0.25) is 0 Å². The zero-order valence-corrected chi connectivity index (χ0v) is 17.8. The molecule has 2 saturated heterocycles. The van der Waals surface area contributed by atoms with Crippen LogP contribution in [0.5, 0.6) is 0 Å². The van der Waals surface area contributed by atoms with Crippen LogP contribution in [0.25, 0.3) is 0 Å². The molecule has 1 N–H and O–H groups in total. The van der Waals surface area contributed by atoms with Crippen LogP contribution in [0.2, 0.25) is 5.02 Å². The second-order valence-corrected chi connectivity index (χ2v) is 8.53. The smallest absolute Gasteiger partial charge is 0.128 e. The molecule has 2 aliphatic rings. The minimum absolute atomic E-state index is 0.359. The zero-order valence-electron chi connectivity index (χ0n) is 16.2. The second kappa shape index (κ2) is 9.25. The maximum atomic E-state index is 6.55. The van der Waals surface area contributed by atoms with Crippen LogP contribution in [-0.4, -0.2) is 56.7 Å². The summed E-state index contributed by atoms with van der Waals surface area (Å²) in [5, 5.41) is 4.48. The predicted molar refractivity (Wildman–Crippen MR) is 119 cm³/mol. The number of nitrogens with zero attached hydrogens (tertiary/aromatic N) is 3. The Morgan fingerprint density at radius 2 is 2.00 bits per heavy atom. The lowest BCUT2D eigenvalue weighted by atomic mass is 10.0. The molecule has 2 aliphatic heterocycles. The van der Waals surface area contributed by atoms with E-state index in [1.165, 1.54) is 10.6 Å². The number of rotatable bonds is 5. The Morgan fingerprint density at radius 3 is 2.79 bits per heavy atom. The number of hydrogen-bond donors (Lipinski definition) is 1. The van der Waals surface area contributed by atoms with Gasteiger partial charge in [0.25, 0.3) is 0 Å². The Kier molecular flexibility index (Phi) is 6.50. The molecule has 0 aliphatic carbocycles. The summed E-state index contributed by atoms with van der Waals surface area (Å²) in [6.45, 7) is 5.42. The summed E-state index contributed by atoms with van der Waals surface area (Å²) in [7, 11) is 0. The van der Waals surface area contributed by atoms with Crippen LogP contribution in [0.1, 0.15) is 12.8 Å². The number of anilines is 3. The van der Waals surface area contributed by atoms with E-state index in [0.717, 1.165) is 68.8 Å². The third-order valence-electron chi connectivity index (χ3n) is 5.39. The molecule has 0 saturated carbocycles. The molecule has 4 rings (SSSR count). The zero-order chi connectivity index (χ0) is 19.3. The molecule has 0 unspecified atom stereocenters. The van der Waals surface area contributed by atoms with Gasteiger partial charge >= 0.3 is 0 Å². The van der Waals surface area contributed by atoms with Gasteiger partial charge in [0.05, 0.1) is 23.9 Å². The molecular weight excluding hydrogens is 392 g/mol.